The first-order valence-electron chi connectivity index (χ1n) is 4.83. The van der Waals surface area contributed by atoms with E-state index in [1.54, 1.807) is 0 Å². The van der Waals surface area contributed by atoms with Gasteiger partial charge < -0.3 is 4.74 Å². The van der Waals surface area contributed by atoms with E-state index in [2.05, 4.69) is 46.1 Å². The van der Waals surface area contributed by atoms with E-state index in [1.165, 1.54) is 0 Å². The third kappa shape index (κ3) is 2.32. The van der Waals surface area contributed by atoms with Gasteiger partial charge in [0.1, 0.15) is 6.23 Å². The summed E-state index contributed by atoms with van der Waals surface area (Å²) in [4.78, 5) is 2.33. The average molecular weight is 183 g/mol. The maximum absolute atomic E-state index is 5.84. The van der Waals surface area contributed by atoms with Crippen molar-refractivity contribution in [2.24, 2.45) is 0 Å². The minimum Gasteiger partial charge on any atom is -0.352 e. The summed E-state index contributed by atoms with van der Waals surface area (Å²) in [5, 5.41) is 0. The second-order valence-electron chi connectivity index (χ2n) is 5.30. The fraction of sp³-hybridized carbons (Fsp3) is 0.818. The van der Waals surface area contributed by atoms with Crippen LogP contribution in [0.1, 0.15) is 34.6 Å². The Morgan fingerprint density at radius 2 is 2.00 bits per heavy atom. The van der Waals surface area contributed by atoms with Gasteiger partial charge >= 0.3 is 0 Å². The smallest absolute Gasteiger partial charge is 0.130 e. The van der Waals surface area contributed by atoms with E-state index in [0.29, 0.717) is 0 Å². The first kappa shape index (κ1) is 10.7. The Morgan fingerprint density at radius 1 is 1.46 bits per heavy atom. The van der Waals surface area contributed by atoms with E-state index in [0.717, 1.165) is 6.54 Å². The van der Waals surface area contributed by atoms with Crippen LogP contribution in [0.4, 0.5) is 0 Å². The highest BCUT2D eigenvalue weighted by molar-refractivity contribution is 4.97. The molecule has 1 aliphatic rings. The molecule has 1 atom stereocenters. The van der Waals surface area contributed by atoms with Gasteiger partial charge in [-0.3, -0.25) is 4.90 Å². The lowest BCUT2D eigenvalue weighted by atomic mass is 10.0. The molecule has 0 aromatic heterocycles. The minimum absolute atomic E-state index is 0.0495. The van der Waals surface area contributed by atoms with Gasteiger partial charge in [0.25, 0.3) is 0 Å². The highest BCUT2D eigenvalue weighted by Gasteiger charge is 2.41. The number of nitrogens with zero attached hydrogens (tertiary/aromatic N) is 1. The molecule has 1 rings (SSSR count). The summed E-state index contributed by atoms with van der Waals surface area (Å²) in [7, 11) is 0. The van der Waals surface area contributed by atoms with Crippen LogP contribution in [0, 0.1) is 0 Å². The molecule has 0 spiro atoms. The Labute approximate surface area is 81.6 Å². The SMILES string of the molecule is C=CC1OC(C)(C)CN1C(C)(C)C. The summed E-state index contributed by atoms with van der Waals surface area (Å²) in [6, 6.07) is 0. The zero-order valence-electron chi connectivity index (χ0n) is 9.42. The van der Waals surface area contributed by atoms with Crippen molar-refractivity contribution in [1.82, 2.24) is 4.90 Å². The Bertz CT molecular complexity index is 203. The fourth-order valence-corrected chi connectivity index (χ4v) is 1.72. The van der Waals surface area contributed by atoms with Crippen LogP contribution in [-0.2, 0) is 4.74 Å². The molecule has 13 heavy (non-hydrogen) atoms. The molecule has 0 aromatic carbocycles. The number of ether oxygens (including phenoxy) is 1. The second-order valence-corrected chi connectivity index (χ2v) is 5.30. The van der Waals surface area contributed by atoms with Gasteiger partial charge in [-0.15, -0.1) is 0 Å². The van der Waals surface area contributed by atoms with Crippen LogP contribution in [0.3, 0.4) is 0 Å². The van der Waals surface area contributed by atoms with Crippen molar-refractivity contribution in [1.29, 1.82) is 0 Å². The molecule has 1 heterocycles. The van der Waals surface area contributed by atoms with Gasteiger partial charge in [-0.25, -0.2) is 0 Å². The fourth-order valence-electron chi connectivity index (χ4n) is 1.72. The van der Waals surface area contributed by atoms with Gasteiger partial charge in [-0.05, 0) is 40.7 Å². The first-order valence-corrected chi connectivity index (χ1v) is 4.83. The summed E-state index contributed by atoms with van der Waals surface area (Å²) < 4.78 is 5.84. The number of hydrogen-bond donors (Lipinski definition) is 0. The number of rotatable bonds is 1. The Morgan fingerprint density at radius 3 is 2.31 bits per heavy atom. The third-order valence-corrected chi connectivity index (χ3v) is 2.36. The topological polar surface area (TPSA) is 12.5 Å². The molecular formula is C11H21NO. The van der Waals surface area contributed by atoms with Crippen molar-refractivity contribution in [3.05, 3.63) is 12.7 Å². The van der Waals surface area contributed by atoms with Gasteiger partial charge in [-0.2, -0.15) is 0 Å². The molecule has 0 aliphatic carbocycles. The number of hydrogen-bond acceptors (Lipinski definition) is 2. The van der Waals surface area contributed by atoms with Crippen molar-refractivity contribution < 1.29 is 4.74 Å². The molecule has 2 heteroatoms. The normalized spacial score (nSPS) is 29.2. The van der Waals surface area contributed by atoms with Gasteiger partial charge in [0, 0.05) is 12.1 Å². The molecule has 1 saturated heterocycles. The van der Waals surface area contributed by atoms with Crippen molar-refractivity contribution in [2.45, 2.75) is 52.0 Å². The maximum atomic E-state index is 5.84. The standard InChI is InChI=1S/C11H21NO/c1-7-9-12(10(2,3)4)8-11(5,6)13-9/h7,9H,1,8H2,2-6H3. The van der Waals surface area contributed by atoms with Gasteiger partial charge in [0.2, 0.25) is 0 Å². The highest BCUT2D eigenvalue weighted by atomic mass is 16.5. The first-order chi connectivity index (χ1) is 5.76. The molecule has 1 unspecified atom stereocenters. The Hall–Kier alpha value is -0.340. The monoisotopic (exact) mass is 183 g/mol. The summed E-state index contributed by atoms with van der Waals surface area (Å²) >= 11 is 0. The van der Waals surface area contributed by atoms with Crippen LogP contribution in [0.2, 0.25) is 0 Å². The van der Waals surface area contributed by atoms with Gasteiger partial charge in [0.05, 0.1) is 5.60 Å². The van der Waals surface area contributed by atoms with E-state index >= 15 is 0 Å². The third-order valence-electron chi connectivity index (χ3n) is 2.36. The van der Waals surface area contributed by atoms with Gasteiger partial charge in [0.15, 0.2) is 0 Å². The predicted molar refractivity (Wildman–Crippen MR) is 55.6 cm³/mol. The molecule has 1 aliphatic heterocycles. The summed E-state index contributed by atoms with van der Waals surface area (Å²) in [6.07, 6.45) is 1.94. The Kier molecular flexibility index (Phi) is 2.56. The highest BCUT2D eigenvalue weighted by Crippen LogP contribution is 2.31. The van der Waals surface area contributed by atoms with E-state index in [1.807, 2.05) is 6.08 Å². The predicted octanol–water partition coefficient (Wildman–Crippen LogP) is 2.41. The lowest BCUT2D eigenvalue weighted by molar-refractivity contribution is -0.0268. The molecule has 2 nitrogen and oxygen atoms in total. The molecule has 0 aromatic rings. The molecular weight excluding hydrogens is 162 g/mol. The van der Waals surface area contributed by atoms with Crippen LogP contribution in [-0.4, -0.2) is 28.8 Å². The zero-order valence-corrected chi connectivity index (χ0v) is 9.42. The molecule has 76 valence electrons. The molecule has 0 bridgehead atoms. The van der Waals surface area contributed by atoms with Crippen molar-refractivity contribution in [2.75, 3.05) is 6.54 Å². The molecule has 0 saturated carbocycles. The van der Waals surface area contributed by atoms with Crippen molar-refractivity contribution >= 4 is 0 Å². The van der Waals surface area contributed by atoms with E-state index < -0.39 is 0 Å². The molecule has 0 radical (unpaired) electrons. The molecule has 1 fully saturated rings. The molecule has 0 amide bonds. The van der Waals surface area contributed by atoms with E-state index in [-0.39, 0.29) is 17.4 Å². The largest absolute Gasteiger partial charge is 0.352 e. The zero-order chi connectivity index (χ0) is 10.3. The van der Waals surface area contributed by atoms with Crippen molar-refractivity contribution in [3.8, 4) is 0 Å². The maximum Gasteiger partial charge on any atom is 0.130 e. The Balaban J connectivity index is 2.81. The van der Waals surface area contributed by atoms with E-state index in [9.17, 15) is 0 Å². The van der Waals surface area contributed by atoms with Crippen LogP contribution >= 0.6 is 0 Å². The van der Waals surface area contributed by atoms with Crippen LogP contribution < -0.4 is 0 Å². The van der Waals surface area contributed by atoms with E-state index in [4.69, 9.17) is 4.74 Å². The van der Waals surface area contributed by atoms with Crippen LogP contribution in [0.5, 0.6) is 0 Å². The van der Waals surface area contributed by atoms with Gasteiger partial charge in [-0.1, -0.05) is 6.58 Å². The molecule has 0 N–H and O–H groups in total. The second kappa shape index (κ2) is 3.10. The lowest BCUT2D eigenvalue weighted by Crippen LogP contribution is -2.44. The minimum atomic E-state index is -0.0495. The summed E-state index contributed by atoms with van der Waals surface area (Å²) in [5.41, 5.74) is 0.0960. The quantitative estimate of drug-likeness (QED) is 0.579. The average Bonchev–Trinajstić information content (AvgIpc) is 2.24. The summed E-state index contributed by atoms with van der Waals surface area (Å²) in [5.74, 6) is 0. The van der Waals surface area contributed by atoms with Crippen molar-refractivity contribution in [3.63, 3.8) is 0 Å². The van der Waals surface area contributed by atoms with Crippen LogP contribution in [0.15, 0.2) is 12.7 Å². The van der Waals surface area contributed by atoms with Crippen LogP contribution in [0.25, 0.3) is 0 Å². The lowest BCUT2D eigenvalue weighted by Gasteiger charge is -2.34. The summed E-state index contributed by atoms with van der Waals surface area (Å²) in [6.45, 7) is 15.6.